The first-order valence-corrected chi connectivity index (χ1v) is 23.0. The Hall–Kier alpha value is -5.97. The number of carbonyl (C=O) groups excluding carboxylic acids is 8. The van der Waals surface area contributed by atoms with E-state index in [-0.39, 0.29) is 89.1 Å². The fraction of sp³-hybridized carbons (Fsp3) is 0.643. The lowest BCUT2D eigenvalue weighted by Gasteiger charge is -2.33. The summed E-state index contributed by atoms with van der Waals surface area (Å²) in [4.78, 5) is 115. The van der Waals surface area contributed by atoms with Gasteiger partial charge in [-0.15, -0.1) is 0 Å². The predicted molar refractivity (Wildman–Crippen MR) is 254 cm³/mol. The van der Waals surface area contributed by atoms with Crippen LogP contribution in [0.1, 0.15) is 54.4 Å². The Morgan fingerprint density at radius 2 is 1.28 bits per heavy atom. The number of guanidine groups is 1. The highest BCUT2D eigenvalue weighted by atomic mass is 16.4. The molecular weight excluding hydrogens is 901 g/mol. The van der Waals surface area contributed by atoms with Crippen LogP contribution >= 0.6 is 0 Å². The Balaban J connectivity index is 1.51. The lowest BCUT2D eigenvalue weighted by molar-refractivity contribution is -0.131. The number of unbranched alkanes of at least 4 members (excludes halogenated alkanes) is 1. The maximum absolute atomic E-state index is 13.6. The van der Waals surface area contributed by atoms with Crippen molar-refractivity contribution in [3.05, 3.63) is 35.4 Å². The molecule has 16 N–H and O–H groups in total. The topological polar surface area (TPSA) is 395 Å². The molecule has 1 aromatic carbocycles. The number of nitrogens with zero attached hydrogens (tertiary/aromatic N) is 7. The Bertz CT molecular complexity index is 1880. The van der Waals surface area contributed by atoms with Crippen LogP contribution in [0.2, 0.25) is 0 Å². The highest BCUT2D eigenvalue weighted by Crippen LogP contribution is 2.19. The normalized spacial score (nSPS) is 18.2. The van der Waals surface area contributed by atoms with Gasteiger partial charge in [0.25, 0.3) is 5.91 Å². The van der Waals surface area contributed by atoms with Gasteiger partial charge in [0.2, 0.25) is 41.4 Å². The number of rotatable bonds is 25. The molecule has 3 atom stereocenters. The molecule has 27 heteroatoms. The Morgan fingerprint density at radius 3 is 1.77 bits per heavy atom. The molecule has 3 unspecified atom stereocenters. The zero-order valence-corrected chi connectivity index (χ0v) is 39.5. The molecule has 0 saturated carbocycles. The second kappa shape index (κ2) is 29.8. The number of aliphatic hydroxyl groups is 1. The van der Waals surface area contributed by atoms with Crippen LogP contribution in [0.25, 0.3) is 0 Å². The van der Waals surface area contributed by atoms with E-state index >= 15 is 0 Å². The summed E-state index contributed by atoms with van der Waals surface area (Å²) >= 11 is 0. The molecule has 0 bridgehead atoms. The van der Waals surface area contributed by atoms with E-state index < -0.39 is 73.1 Å². The van der Waals surface area contributed by atoms with Crippen LogP contribution < -0.4 is 44.6 Å². The second-order valence-electron chi connectivity index (χ2n) is 17.4. The number of nitrogens with two attached hydrogens (primary N) is 5. The molecule has 384 valence electrons. The van der Waals surface area contributed by atoms with Crippen LogP contribution in [-0.4, -0.2) is 235 Å². The number of nitrogens with one attached hydrogen (secondary N) is 3. The standard InChI is InChI=1S/C42H72BN15O11/c1-53(23-29-7-9-30(10-8-29)40(66)51-22-39(65)58-24-31(59)21-33(58)43(68)69)38(64)6-2-3-11-49-41(67)32(5-4-12-50-42(47)48)52-37(63)28-57-19-17-55(26-35(45)61)15-13-54(25-34(44)60)14-16-56(18-20-57)27-36(46)62/h7-10,31-33,59,68-69H,2-6,11-28H2,1H3,(H2,44,60)(H2,45,61)(H2,46,62)(H,49,67)(H,51,66)(H,52,63)(H4,47,48,50). The van der Waals surface area contributed by atoms with E-state index in [1.54, 1.807) is 31.3 Å². The lowest BCUT2D eigenvalue weighted by atomic mass is 9.77. The summed E-state index contributed by atoms with van der Waals surface area (Å²) in [6.07, 6.45) is 0.816. The first-order valence-electron chi connectivity index (χ1n) is 23.0. The third kappa shape index (κ3) is 22.3. The Kier molecular flexibility index (Phi) is 24.8. The van der Waals surface area contributed by atoms with Crippen LogP contribution in [0.5, 0.6) is 0 Å². The van der Waals surface area contributed by atoms with E-state index in [4.69, 9.17) is 28.7 Å². The predicted octanol–water partition coefficient (Wildman–Crippen LogP) is -7.15. The fourth-order valence-corrected chi connectivity index (χ4v) is 7.91. The number of β-amino-alcohol motifs (C(OH)–C–C–N with tert-alkyl or cyclic N) is 1. The Morgan fingerprint density at radius 1 is 0.754 bits per heavy atom. The second-order valence-corrected chi connectivity index (χ2v) is 17.4. The third-order valence-corrected chi connectivity index (χ3v) is 11.6. The van der Waals surface area contributed by atoms with E-state index in [0.29, 0.717) is 71.6 Å². The van der Waals surface area contributed by atoms with Gasteiger partial charge in [-0.3, -0.25) is 62.9 Å². The summed E-state index contributed by atoms with van der Waals surface area (Å²) in [5.74, 6) is -4.81. The number of benzene rings is 1. The van der Waals surface area contributed by atoms with Gasteiger partial charge in [-0.25, -0.2) is 0 Å². The number of likely N-dealkylation sites (tertiary alicyclic amines) is 1. The molecule has 69 heavy (non-hydrogen) atoms. The highest BCUT2D eigenvalue weighted by Gasteiger charge is 2.41. The van der Waals surface area contributed by atoms with E-state index in [2.05, 4.69) is 20.9 Å². The minimum absolute atomic E-state index is 0.0157. The molecule has 0 radical (unpaired) electrons. The number of primary amides is 3. The highest BCUT2D eigenvalue weighted by molar-refractivity contribution is 6.43. The van der Waals surface area contributed by atoms with E-state index in [1.165, 1.54) is 4.90 Å². The number of carbonyl (C=O) groups is 8. The average Bonchev–Trinajstić information content (AvgIpc) is 3.68. The van der Waals surface area contributed by atoms with Crippen LogP contribution in [0, 0.1) is 0 Å². The number of aliphatic imine (C=N–C) groups is 1. The molecule has 3 rings (SSSR count). The van der Waals surface area contributed by atoms with E-state index in [1.807, 2.05) is 19.6 Å². The largest absolute Gasteiger partial charge is 0.475 e. The fourth-order valence-electron chi connectivity index (χ4n) is 7.91. The maximum atomic E-state index is 13.6. The van der Waals surface area contributed by atoms with Crippen molar-refractivity contribution in [2.45, 2.75) is 63.2 Å². The van der Waals surface area contributed by atoms with Crippen LogP contribution in [-0.2, 0) is 40.1 Å². The molecule has 2 saturated heterocycles. The average molecular weight is 974 g/mol. The van der Waals surface area contributed by atoms with Gasteiger partial charge >= 0.3 is 7.12 Å². The minimum Gasteiger partial charge on any atom is -0.426 e. The SMILES string of the molecule is CN(Cc1ccc(C(=O)NCC(=O)N2CC(O)CC2B(O)O)cc1)C(=O)CCCCNC(=O)C(CCCN=C(N)N)NC(=O)CN1CCN(CC(N)=O)CCN(CC(N)=O)CCN(CC(N)=O)CC1. The maximum Gasteiger partial charge on any atom is 0.475 e. The summed E-state index contributed by atoms with van der Waals surface area (Å²) in [6, 6.07) is 5.53. The van der Waals surface area contributed by atoms with Gasteiger partial charge in [0.1, 0.15) is 6.04 Å². The summed E-state index contributed by atoms with van der Waals surface area (Å²) in [5, 5.41) is 37.1. The number of hydrogen-bond donors (Lipinski definition) is 11. The first-order chi connectivity index (χ1) is 32.7. The molecule has 1 aromatic rings. The van der Waals surface area contributed by atoms with Crippen LogP contribution in [0.4, 0.5) is 0 Å². The monoisotopic (exact) mass is 974 g/mol. The van der Waals surface area contributed by atoms with Gasteiger partial charge in [0.15, 0.2) is 5.96 Å². The van der Waals surface area contributed by atoms with Gasteiger partial charge < -0.3 is 69.6 Å². The molecule has 8 amide bonds. The molecule has 26 nitrogen and oxygen atoms in total. The molecule has 2 aliphatic heterocycles. The van der Waals surface area contributed by atoms with Gasteiger partial charge in [-0.1, -0.05) is 12.1 Å². The van der Waals surface area contributed by atoms with Gasteiger partial charge in [-0.2, -0.15) is 0 Å². The summed E-state index contributed by atoms with van der Waals surface area (Å²) in [5.41, 5.74) is 28.5. The quantitative estimate of drug-likeness (QED) is 0.0188. The zero-order valence-electron chi connectivity index (χ0n) is 39.5. The van der Waals surface area contributed by atoms with Crippen molar-refractivity contribution in [3.8, 4) is 0 Å². The Labute approximate surface area is 402 Å². The van der Waals surface area contributed by atoms with Gasteiger partial charge in [0, 0.05) is 97.6 Å². The molecule has 0 spiro atoms. The molecule has 2 fully saturated rings. The molecular formula is C42H72BN15O11. The van der Waals surface area contributed by atoms with Crippen molar-refractivity contribution in [1.29, 1.82) is 0 Å². The van der Waals surface area contributed by atoms with Crippen LogP contribution in [0.3, 0.4) is 0 Å². The number of hydrogen-bond acceptors (Lipinski definition) is 16. The van der Waals surface area contributed by atoms with Crippen molar-refractivity contribution in [1.82, 2.24) is 45.3 Å². The summed E-state index contributed by atoms with van der Waals surface area (Å²) in [7, 11) is -0.175. The van der Waals surface area contributed by atoms with Crippen molar-refractivity contribution in [3.63, 3.8) is 0 Å². The van der Waals surface area contributed by atoms with Gasteiger partial charge in [-0.05, 0) is 49.8 Å². The number of aliphatic hydroxyl groups excluding tert-OH is 1. The van der Waals surface area contributed by atoms with Crippen molar-refractivity contribution < 1.29 is 53.5 Å². The van der Waals surface area contributed by atoms with Crippen molar-refractivity contribution >= 4 is 60.3 Å². The molecule has 2 aliphatic rings. The van der Waals surface area contributed by atoms with Crippen molar-refractivity contribution in [2.75, 3.05) is 112 Å². The van der Waals surface area contributed by atoms with Gasteiger partial charge in [0.05, 0.1) is 44.8 Å². The molecule has 0 aliphatic carbocycles. The lowest BCUT2D eigenvalue weighted by Crippen LogP contribution is -2.52. The number of amides is 8. The van der Waals surface area contributed by atoms with Crippen LogP contribution in [0.15, 0.2) is 29.3 Å². The third-order valence-electron chi connectivity index (χ3n) is 11.6. The minimum atomic E-state index is -1.82. The zero-order chi connectivity index (χ0) is 51.0. The summed E-state index contributed by atoms with van der Waals surface area (Å²) in [6.45, 7) is 2.82. The molecule has 0 aromatic heterocycles. The summed E-state index contributed by atoms with van der Waals surface area (Å²) < 4.78 is 0. The van der Waals surface area contributed by atoms with E-state index in [0.717, 1.165) is 10.5 Å². The smallest absolute Gasteiger partial charge is 0.426 e. The van der Waals surface area contributed by atoms with E-state index in [9.17, 15) is 53.5 Å². The first kappa shape index (κ1) is 57.4. The van der Waals surface area contributed by atoms with Crippen molar-refractivity contribution in [2.24, 2.45) is 33.7 Å². The molecule has 2 heterocycles.